The fourth-order valence-corrected chi connectivity index (χ4v) is 4.92. The molecule has 2 heterocycles. The molecule has 2 N–H and O–H groups in total. The van der Waals surface area contributed by atoms with Gasteiger partial charge in [0.15, 0.2) is 6.10 Å². The number of aromatic nitrogens is 1. The Morgan fingerprint density at radius 3 is 2.49 bits per heavy atom. The van der Waals surface area contributed by atoms with Crippen molar-refractivity contribution >= 4 is 22.8 Å². The third-order valence-electron chi connectivity index (χ3n) is 6.55. The van der Waals surface area contributed by atoms with Gasteiger partial charge in [0, 0.05) is 23.0 Å². The standard InChI is InChI=1S/C30H26FNO5/c1-2-36-25(33)17-22-21-14-13-20(31)16-23(21)32-28(22)26(19-11-7-4-8-12-19)27-29(34)24(37-30(27)35)15-18-9-5-3-6-10-18/h3-14,16,24,26,32,34H,2,15,17H2,1H3. The van der Waals surface area contributed by atoms with Crippen LogP contribution in [0.15, 0.2) is 90.2 Å². The van der Waals surface area contributed by atoms with Crippen LogP contribution in [0.2, 0.25) is 0 Å². The molecule has 0 bridgehead atoms. The molecule has 37 heavy (non-hydrogen) atoms. The Hall–Kier alpha value is -4.39. The van der Waals surface area contributed by atoms with Crippen molar-refractivity contribution in [3.8, 4) is 0 Å². The van der Waals surface area contributed by atoms with Crippen molar-refractivity contribution in [1.29, 1.82) is 0 Å². The van der Waals surface area contributed by atoms with Gasteiger partial charge >= 0.3 is 11.9 Å². The van der Waals surface area contributed by atoms with Crippen LogP contribution in [0.3, 0.4) is 0 Å². The zero-order valence-electron chi connectivity index (χ0n) is 20.2. The molecule has 2 atom stereocenters. The van der Waals surface area contributed by atoms with Crippen LogP contribution in [-0.2, 0) is 31.9 Å². The molecular formula is C30H26FNO5. The number of halogens is 1. The second-order valence-electron chi connectivity index (χ2n) is 8.92. The summed E-state index contributed by atoms with van der Waals surface area (Å²) >= 11 is 0. The van der Waals surface area contributed by atoms with Crippen molar-refractivity contribution in [3.63, 3.8) is 0 Å². The van der Waals surface area contributed by atoms with Crippen molar-refractivity contribution in [2.24, 2.45) is 0 Å². The maximum atomic E-state index is 14.1. The number of carbonyl (C=O) groups excluding carboxylic acids is 2. The summed E-state index contributed by atoms with van der Waals surface area (Å²) in [7, 11) is 0. The number of rotatable bonds is 8. The number of cyclic esters (lactones) is 1. The van der Waals surface area contributed by atoms with Crippen LogP contribution in [0.25, 0.3) is 10.9 Å². The van der Waals surface area contributed by atoms with Crippen LogP contribution in [0.5, 0.6) is 0 Å². The Labute approximate surface area is 213 Å². The van der Waals surface area contributed by atoms with Gasteiger partial charge in [0.05, 0.1) is 24.5 Å². The third-order valence-corrected chi connectivity index (χ3v) is 6.55. The lowest BCUT2D eigenvalue weighted by Gasteiger charge is -2.18. The zero-order valence-corrected chi connectivity index (χ0v) is 20.2. The molecule has 6 nitrogen and oxygen atoms in total. The summed E-state index contributed by atoms with van der Waals surface area (Å²) in [5, 5.41) is 12.0. The summed E-state index contributed by atoms with van der Waals surface area (Å²) in [4.78, 5) is 29.1. The predicted molar refractivity (Wildman–Crippen MR) is 137 cm³/mol. The first-order chi connectivity index (χ1) is 18.0. The van der Waals surface area contributed by atoms with Gasteiger partial charge in [0.25, 0.3) is 0 Å². The van der Waals surface area contributed by atoms with Gasteiger partial charge in [0.1, 0.15) is 11.6 Å². The van der Waals surface area contributed by atoms with Gasteiger partial charge in [-0.1, -0.05) is 60.7 Å². The minimum atomic E-state index is -0.841. The van der Waals surface area contributed by atoms with Gasteiger partial charge < -0.3 is 19.6 Å². The quantitative estimate of drug-likeness (QED) is 0.312. The Kier molecular flexibility index (Phi) is 6.77. The van der Waals surface area contributed by atoms with E-state index in [0.29, 0.717) is 34.1 Å². The lowest BCUT2D eigenvalue weighted by molar-refractivity contribution is -0.142. The number of fused-ring (bicyclic) bond motifs is 1. The smallest absolute Gasteiger partial charge is 0.339 e. The second kappa shape index (κ2) is 10.3. The maximum absolute atomic E-state index is 14.1. The molecule has 7 heteroatoms. The average molecular weight is 500 g/mol. The van der Waals surface area contributed by atoms with Crippen molar-refractivity contribution in [2.45, 2.75) is 31.8 Å². The first-order valence-electron chi connectivity index (χ1n) is 12.1. The molecule has 0 saturated heterocycles. The fourth-order valence-electron chi connectivity index (χ4n) is 4.92. The minimum Gasteiger partial charge on any atom is -0.508 e. The molecule has 5 rings (SSSR count). The molecule has 3 aromatic carbocycles. The van der Waals surface area contributed by atoms with E-state index in [1.807, 2.05) is 60.7 Å². The first-order valence-corrected chi connectivity index (χ1v) is 12.1. The highest BCUT2D eigenvalue weighted by atomic mass is 19.1. The van der Waals surface area contributed by atoms with Gasteiger partial charge in [-0.2, -0.15) is 0 Å². The van der Waals surface area contributed by atoms with Crippen LogP contribution < -0.4 is 0 Å². The van der Waals surface area contributed by atoms with Crippen LogP contribution in [0.4, 0.5) is 4.39 Å². The highest BCUT2D eigenvalue weighted by Crippen LogP contribution is 2.42. The van der Waals surface area contributed by atoms with Gasteiger partial charge in [0.2, 0.25) is 0 Å². The zero-order chi connectivity index (χ0) is 25.9. The van der Waals surface area contributed by atoms with E-state index >= 15 is 0 Å². The van der Waals surface area contributed by atoms with Crippen molar-refractivity contribution in [2.75, 3.05) is 6.61 Å². The van der Waals surface area contributed by atoms with Crippen LogP contribution in [-0.4, -0.2) is 34.7 Å². The number of aliphatic hydroxyl groups excluding tert-OH is 1. The number of hydrogen-bond acceptors (Lipinski definition) is 5. The largest absolute Gasteiger partial charge is 0.508 e. The van der Waals surface area contributed by atoms with E-state index in [4.69, 9.17) is 9.47 Å². The van der Waals surface area contributed by atoms with E-state index in [9.17, 15) is 19.1 Å². The molecule has 4 aromatic rings. The lowest BCUT2D eigenvalue weighted by atomic mass is 9.84. The summed E-state index contributed by atoms with van der Waals surface area (Å²) in [5.74, 6) is -2.47. The predicted octanol–water partition coefficient (Wildman–Crippen LogP) is 5.52. The molecule has 0 saturated carbocycles. The third kappa shape index (κ3) is 4.85. The molecule has 188 valence electrons. The number of aromatic amines is 1. The summed E-state index contributed by atoms with van der Waals surface area (Å²) < 4.78 is 25.0. The lowest BCUT2D eigenvalue weighted by Crippen LogP contribution is -2.16. The van der Waals surface area contributed by atoms with Gasteiger partial charge in [-0.3, -0.25) is 4.79 Å². The monoisotopic (exact) mass is 499 g/mol. The van der Waals surface area contributed by atoms with E-state index < -0.39 is 29.8 Å². The number of nitrogens with one attached hydrogen (secondary N) is 1. The number of hydrogen-bond donors (Lipinski definition) is 2. The number of H-pyrrole nitrogens is 1. The average Bonchev–Trinajstić information content (AvgIpc) is 3.37. The molecule has 0 fully saturated rings. The van der Waals surface area contributed by atoms with E-state index in [0.717, 1.165) is 5.56 Å². The number of benzene rings is 3. The highest BCUT2D eigenvalue weighted by molar-refractivity contribution is 5.96. The molecule has 1 aliphatic rings. The molecule has 1 aromatic heterocycles. The molecule has 2 unspecified atom stereocenters. The normalized spacial score (nSPS) is 16.2. The van der Waals surface area contributed by atoms with Crippen LogP contribution >= 0.6 is 0 Å². The second-order valence-corrected chi connectivity index (χ2v) is 8.92. The maximum Gasteiger partial charge on any atom is 0.339 e. The van der Waals surface area contributed by atoms with Crippen molar-refractivity contribution in [1.82, 2.24) is 4.98 Å². The summed E-state index contributed by atoms with van der Waals surface area (Å²) in [6, 6.07) is 22.9. The van der Waals surface area contributed by atoms with Gasteiger partial charge in [-0.25, -0.2) is 9.18 Å². The van der Waals surface area contributed by atoms with E-state index in [-0.39, 0.29) is 24.4 Å². The minimum absolute atomic E-state index is 0.0873. The summed E-state index contributed by atoms with van der Waals surface area (Å²) in [6.07, 6.45) is -0.613. The molecule has 0 radical (unpaired) electrons. The van der Waals surface area contributed by atoms with E-state index in [1.54, 1.807) is 13.0 Å². The van der Waals surface area contributed by atoms with E-state index in [2.05, 4.69) is 4.98 Å². The fraction of sp³-hybridized carbons (Fsp3) is 0.200. The molecular weight excluding hydrogens is 473 g/mol. The van der Waals surface area contributed by atoms with Gasteiger partial charge in [-0.05, 0) is 41.8 Å². The van der Waals surface area contributed by atoms with E-state index in [1.165, 1.54) is 12.1 Å². The molecule has 0 spiro atoms. The Morgan fingerprint density at radius 1 is 1.08 bits per heavy atom. The Balaban J connectivity index is 1.68. The topological polar surface area (TPSA) is 88.6 Å². The first kappa shape index (κ1) is 24.3. The van der Waals surface area contributed by atoms with Crippen LogP contribution in [0.1, 0.15) is 35.2 Å². The Bertz CT molecular complexity index is 1480. The number of aliphatic hydroxyl groups is 1. The Morgan fingerprint density at radius 2 is 1.78 bits per heavy atom. The SMILES string of the molecule is CCOC(=O)Cc1c(C(C2=C(O)C(Cc3ccccc3)OC2=O)c2ccccc2)[nH]c2cc(F)ccc12. The summed E-state index contributed by atoms with van der Waals surface area (Å²) in [5.41, 5.74) is 3.25. The highest BCUT2D eigenvalue weighted by Gasteiger charge is 2.41. The molecule has 0 aliphatic carbocycles. The summed E-state index contributed by atoms with van der Waals surface area (Å²) in [6.45, 7) is 1.94. The number of ether oxygens (including phenoxy) is 2. The molecule has 1 aliphatic heterocycles. The molecule has 0 amide bonds. The van der Waals surface area contributed by atoms with Gasteiger partial charge in [-0.15, -0.1) is 0 Å². The van der Waals surface area contributed by atoms with Crippen molar-refractivity contribution in [3.05, 3.63) is 118 Å². The number of carbonyl (C=O) groups is 2. The number of esters is 2. The van der Waals surface area contributed by atoms with Crippen molar-refractivity contribution < 1.29 is 28.6 Å². The van der Waals surface area contributed by atoms with Crippen LogP contribution in [0, 0.1) is 5.82 Å².